The van der Waals surface area contributed by atoms with E-state index in [-0.39, 0.29) is 24.6 Å². The number of hydrogen-bond donors (Lipinski definition) is 2. The molecule has 0 spiro atoms. The van der Waals surface area contributed by atoms with Crippen LogP contribution in [-0.2, 0) is 29.0 Å². The van der Waals surface area contributed by atoms with E-state index in [1.54, 1.807) is 12.1 Å². The molecule has 0 aliphatic carbocycles. The van der Waals surface area contributed by atoms with Crippen molar-refractivity contribution in [1.82, 2.24) is 15.6 Å². The van der Waals surface area contributed by atoms with Gasteiger partial charge in [0.2, 0.25) is 0 Å². The third kappa shape index (κ3) is 5.31. The van der Waals surface area contributed by atoms with Crippen molar-refractivity contribution in [1.29, 1.82) is 0 Å². The zero-order valence-electron chi connectivity index (χ0n) is 15.4. The van der Waals surface area contributed by atoms with Crippen molar-refractivity contribution in [2.45, 2.75) is 25.6 Å². The van der Waals surface area contributed by atoms with Gasteiger partial charge >= 0.3 is 5.97 Å². The number of nitrogens with one attached hydrogen (secondary N) is 2. The summed E-state index contributed by atoms with van der Waals surface area (Å²) in [6, 6.07) is 12.5. The molecule has 0 saturated heterocycles. The molecule has 2 heterocycles. The molecule has 146 valence electrons. The minimum atomic E-state index is -0.650. The highest BCUT2D eigenvalue weighted by molar-refractivity contribution is 5.91. The number of esters is 1. The Balaban J connectivity index is 1.58. The predicted octanol–water partition coefficient (Wildman–Crippen LogP) is 2.07. The Hall–Kier alpha value is -3.39. The summed E-state index contributed by atoms with van der Waals surface area (Å²) >= 11 is 0. The van der Waals surface area contributed by atoms with Crippen LogP contribution in [0.2, 0.25) is 0 Å². The summed E-state index contributed by atoms with van der Waals surface area (Å²) in [6.07, 6.45) is 2.95. The summed E-state index contributed by atoms with van der Waals surface area (Å²) in [5, 5.41) is 5.82. The highest BCUT2D eigenvalue weighted by Crippen LogP contribution is 2.08. The molecule has 0 bridgehead atoms. The van der Waals surface area contributed by atoms with Gasteiger partial charge < -0.3 is 18.9 Å². The molecule has 0 saturated carbocycles. The van der Waals surface area contributed by atoms with Gasteiger partial charge in [-0.05, 0) is 17.7 Å². The summed E-state index contributed by atoms with van der Waals surface area (Å²) in [7, 11) is 1.32. The first-order valence-electron chi connectivity index (χ1n) is 8.76. The topological polar surface area (TPSA) is 107 Å². The monoisotopic (exact) mass is 383 g/mol. The molecule has 1 unspecified atom stereocenters. The van der Waals surface area contributed by atoms with Gasteiger partial charge in [-0.2, -0.15) is 0 Å². The highest BCUT2D eigenvalue weighted by Gasteiger charge is 2.23. The molecule has 0 fully saturated rings. The average Bonchev–Trinajstić information content (AvgIpc) is 3.41. The van der Waals surface area contributed by atoms with Gasteiger partial charge in [0.05, 0.1) is 26.3 Å². The fraction of sp³-hybridized carbons (Fsp3) is 0.250. The van der Waals surface area contributed by atoms with E-state index >= 15 is 0 Å². The van der Waals surface area contributed by atoms with E-state index in [9.17, 15) is 9.59 Å². The van der Waals surface area contributed by atoms with Crippen molar-refractivity contribution in [3.63, 3.8) is 0 Å². The first kappa shape index (κ1) is 19.4. The standard InChI is InChI=1S/C20H21N3O5/c1-26-20(25)16(21-11-14-6-3-2-4-7-14)10-18-23-17(13-28-18)19(24)22-12-15-8-5-9-27-15/h2-9,13,16,21H,10-12H2,1H3,(H,22,24). The molecule has 28 heavy (non-hydrogen) atoms. The van der Waals surface area contributed by atoms with Gasteiger partial charge in [-0.3, -0.25) is 14.9 Å². The first-order chi connectivity index (χ1) is 13.7. The number of aromatic nitrogens is 1. The molecule has 8 nitrogen and oxygen atoms in total. The number of rotatable bonds is 9. The van der Waals surface area contributed by atoms with E-state index in [1.807, 2.05) is 30.3 Å². The number of benzene rings is 1. The van der Waals surface area contributed by atoms with Crippen LogP contribution in [0.5, 0.6) is 0 Å². The lowest BCUT2D eigenvalue weighted by atomic mass is 10.1. The van der Waals surface area contributed by atoms with E-state index in [2.05, 4.69) is 15.6 Å². The molecule has 3 aromatic rings. The van der Waals surface area contributed by atoms with E-state index in [1.165, 1.54) is 19.6 Å². The number of nitrogens with zero attached hydrogens (tertiary/aromatic N) is 1. The maximum absolute atomic E-state index is 12.2. The van der Waals surface area contributed by atoms with Gasteiger partial charge in [-0.1, -0.05) is 30.3 Å². The van der Waals surface area contributed by atoms with Crippen LogP contribution in [0.15, 0.2) is 63.8 Å². The molecular formula is C20H21N3O5. The fourth-order valence-electron chi connectivity index (χ4n) is 2.57. The second kappa shape index (κ2) is 9.52. The van der Waals surface area contributed by atoms with Crippen molar-refractivity contribution in [3.8, 4) is 0 Å². The zero-order valence-corrected chi connectivity index (χ0v) is 15.4. The number of methoxy groups -OCH3 is 1. The van der Waals surface area contributed by atoms with Crippen LogP contribution < -0.4 is 10.6 Å². The second-order valence-corrected chi connectivity index (χ2v) is 6.03. The maximum Gasteiger partial charge on any atom is 0.323 e. The SMILES string of the molecule is COC(=O)C(Cc1nc(C(=O)NCc2ccco2)co1)NCc1ccccc1. The van der Waals surface area contributed by atoms with Crippen LogP contribution in [-0.4, -0.2) is 30.0 Å². The Kier molecular flexibility index (Phi) is 6.59. The smallest absolute Gasteiger partial charge is 0.323 e. The number of carbonyl (C=O) groups excluding carboxylic acids is 2. The van der Waals surface area contributed by atoms with Crippen LogP contribution in [0.3, 0.4) is 0 Å². The lowest BCUT2D eigenvalue weighted by Crippen LogP contribution is -2.39. The number of amides is 1. The van der Waals surface area contributed by atoms with E-state index in [4.69, 9.17) is 13.6 Å². The molecule has 2 aromatic heterocycles. The minimum absolute atomic E-state index is 0.133. The van der Waals surface area contributed by atoms with Crippen LogP contribution in [0.25, 0.3) is 0 Å². The quantitative estimate of drug-likeness (QED) is 0.545. The van der Waals surface area contributed by atoms with E-state index < -0.39 is 17.9 Å². The number of ether oxygens (including phenoxy) is 1. The van der Waals surface area contributed by atoms with Crippen molar-refractivity contribution in [2.75, 3.05) is 7.11 Å². The van der Waals surface area contributed by atoms with Gasteiger partial charge in [0.15, 0.2) is 11.6 Å². The predicted molar refractivity (Wildman–Crippen MR) is 99.2 cm³/mol. The summed E-state index contributed by atoms with van der Waals surface area (Å²) in [6.45, 7) is 0.731. The van der Waals surface area contributed by atoms with Crippen molar-refractivity contribution in [3.05, 3.63) is 77.9 Å². The molecule has 3 rings (SSSR count). The molecule has 0 aliphatic rings. The normalized spacial score (nSPS) is 11.8. The number of furan rings is 1. The summed E-state index contributed by atoms with van der Waals surface area (Å²) in [5.41, 5.74) is 1.16. The van der Waals surface area contributed by atoms with E-state index in [0.29, 0.717) is 12.3 Å². The van der Waals surface area contributed by atoms with Crippen LogP contribution in [0, 0.1) is 0 Å². The third-order valence-electron chi connectivity index (χ3n) is 4.05. The Bertz CT molecular complexity index is 890. The summed E-state index contributed by atoms with van der Waals surface area (Å²) in [4.78, 5) is 28.4. The Morgan fingerprint density at radius 2 is 1.93 bits per heavy atom. The molecule has 1 aromatic carbocycles. The lowest BCUT2D eigenvalue weighted by Gasteiger charge is -2.14. The third-order valence-corrected chi connectivity index (χ3v) is 4.05. The maximum atomic E-state index is 12.2. The van der Waals surface area contributed by atoms with Crippen molar-refractivity contribution < 1.29 is 23.2 Å². The molecular weight excluding hydrogens is 362 g/mol. The second-order valence-electron chi connectivity index (χ2n) is 6.03. The zero-order chi connectivity index (χ0) is 19.8. The van der Waals surface area contributed by atoms with Gasteiger partial charge in [0.25, 0.3) is 5.91 Å². The van der Waals surface area contributed by atoms with Crippen molar-refractivity contribution >= 4 is 11.9 Å². The molecule has 2 N–H and O–H groups in total. The number of oxazole rings is 1. The largest absolute Gasteiger partial charge is 0.468 e. The first-order valence-corrected chi connectivity index (χ1v) is 8.76. The van der Waals surface area contributed by atoms with Crippen LogP contribution >= 0.6 is 0 Å². The molecule has 0 radical (unpaired) electrons. The summed E-state index contributed by atoms with van der Waals surface area (Å²) in [5.74, 6) is 0.0725. The van der Waals surface area contributed by atoms with Gasteiger partial charge in [-0.25, -0.2) is 4.98 Å². The Morgan fingerprint density at radius 1 is 1.11 bits per heavy atom. The fourth-order valence-corrected chi connectivity index (χ4v) is 2.57. The Morgan fingerprint density at radius 3 is 2.64 bits per heavy atom. The number of hydrogen-bond acceptors (Lipinski definition) is 7. The molecule has 0 aliphatic heterocycles. The van der Waals surface area contributed by atoms with E-state index in [0.717, 1.165) is 5.56 Å². The lowest BCUT2D eigenvalue weighted by molar-refractivity contribution is -0.143. The minimum Gasteiger partial charge on any atom is -0.468 e. The average molecular weight is 383 g/mol. The summed E-state index contributed by atoms with van der Waals surface area (Å²) < 4.78 is 15.4. The molecule has 1 amide bonds. The van der Waals surface area contributed by atoms with Gasteiger partial charge in [0.1, 0.15) is 18.1 Å². The molecule has 8 heteroatoms. The van der Waals surface area contributed by atoms with Gasteiger partial charge in [-0.15, -0.1) is 0 Å². The van der Waals surface area contributed by atoms with Crippen LogP contribution in [0.4, 0.5) is 0 Å². The van der Waals surface area contributed by atoms with Crippen molar-refractivity contribution in [2.24, 2.45) is 0 Å². The van der Waals surface area contributed by atoms with Crippen LogP contribution in [0.1, 0.15) is 27.7 Å². The molecule has 1 atom stereocenters. The highest BCUT2D eigenvalue weighted by atomic mass is 16.5. The Labute approximate surface area is 161 Å². The number of carbonyl (C=O) groups is 2. The van der Waals surface area contributed by atoms with Gasteiger partial charge in [0, 0.05) is 6.54 Å².